The van der Waals surface area contributed by atoms with Gasteiger partial charge in [-0.2, -0.15) is 0 Å². The number of hydrogen-bond acceptors (Lipinski definition) is 8. The van der Waals surface area contributed by atoms with E-state index in [-0.39, 0.29) is 26.4 Å². The third-order valence-corrected chi connectivity index (χ3v) is 9.96. The van der Waals surface area contributed by atoms with Crippen LogP contribution < -0.4 is 0 Å². The van der Waals surface area contributed by atoms with Crippen LogP contribution in [0.4, 0.5) is 0 Å². The molecular formula is C33H70O8P2. The van der Waals surface area contributed by atoms with Crippen LogP contribution in [0.25, 0.3) is 0 Å². The van der Waals surface area contributed by atoms with Gasteiger partial charge in [0.1, 0.15) is 0 Å². The van der Waals surface area contributed by atoms with Gasteiger partial charge in [-0.15, -0.1) is 0 Å². The lowest BCUT2D eigenvalue weighted by atomic mass is 10.1. The van der Waals surface area contributed by atoms with Crippen molar-refractivity contribution in [1.82, 2.24) is 0 Å². The molecule has 8 nitrogen and oxygen atoms in total. The molecule has 0 bridgehead atoms. The summed E-state index contributed by atoms with van der Waals surface area (Å²) in [6.07, 6.45) is 16.0. The molecule has 43 heavy (non-hydrogen) atoms. The van der Waals surface area contributed by atoms with Crippen molar-refractivity contribution >= 4 is 15.6 Å². The van der Waals surface area contributed by atoms with Gasteiger partial charge >= 0.3 is 15.6 Å². The summed E-state index contributed by atoms with van der Waals surface area (Å²) in [5.41, 5.74) is 0. The smallest absolute Gasteiger partial charge is 0.287 e. The fourth-order valence-electron chi connectivity index (χ4n) is 4.41. The predicted molar refractivity (Wildman–Crippen MR) is 179 cm³/mol. The summed E-state index contributed by atoms with van der Waals surface area (Å²) in [6, 6.07) is 0. The molecule has 10 heteroatoms. The maximum Gasteiger partial charge on any atom is 0.476 e. The van der Waals surface area contributed by atoms with Crippen LogP contribution >= 0.6 is 15.6 Å². The van der Waals surface area contributed by atoms with Gasteiger partial charge in [0.15, 0.2) is 6.79 Å². The van der Waals surface area contributed by atoms with Crippen LogP contribution in [-0.4, -0.2) is 33.2 Å². The van der Waals surface area contributed by atoms with Gasteiger partial charge in [0.2, 0.25) is 0 Å². The molecule has 0 aromatic heterocycles. The van der Waals surface area contributed by atoms with E-state index in [1.54, 1.807) is 0 Å². The molecule has 0 saturated carbocycles. The second-order valence-corrected chi connectivity index (χ2v) is 16.9. The van der Waals surface area contributed by atoms with Crippen LogP contribution in [0.2, 0.25) is 0 Å². The standard InChI is InChI=1S/C33H70O8P2/c1-30(2)21-13-9-17-25-36-42(34,37-26-18-10-14-22-31(3)4)40-29-41-43(35,38-27-19-11-15-23-32(5)6)39-28-20-12-16-24-33(7)8/h30-33H,9-29H2,1-8H3. The van der Waals surface area contributed by atoms with Crippen molar-refractivity contribution in [2.45, 2.75) is 158 Å². The molecule has 0 unspecified atom stereocenters. The maximum atomic E-state index is 13.4. The Hall–Kier alpha value is 0.220. The molecule has 260 valence electrons. The van der Waals surface area contributed by atoms with Crippen molar-refractivity contribution in [3.63, 3.8) is 0 Å². The summed E-state index contributed by atoms with van der Waals surface area (Å²) in [6.45, 7) is 18.2. The molecular weight excluding hydrogens is 586 g/mol. The van der Waals surface area contributed by atoms with Crippen molar-refractivity contribution < 1.29 is 36.3 Å². The maximum absolute atomic E-state index is 13.4. The molecule has 0 aliphatic carbocycles. The molecule has 0 aliphatic rings. The highest BCUT2D eigenvalue weighted by atomic mass is 31.2. The summed E-state index contributed by atoms with van der Waals surface area (Å²) in [5.74, 6) is 2.64. The van der Waals surface area contributed by atoms with E-state index in [4.69, 9.17) is 27.1 Å². The van der Waals surface area contributed by atoms with E-state index >= 15 is 0 Å². The Balaban J connectivity index is 4.96. The summed E-state index contributed by atoms with van der Waals surface area (Å²) in [4.78, 5) is 0. The molecule has 0 N–H and O–H groups in total. The quantitative estimate of drug-likeness (QED) is 0.0401. The normalized spacial score (nSPS) is 12.9. The minimum atomic E-state index is -3.90. The Morgan fingerprint density at radius 1 is 0.349 bits per heavy atom. The van der Waals surface area contributed by atoms with Crippen LogP contribution in [-0.2, 0) is 36.3 Å². The summed E-state index contributed by atoms with van der Waals surface area (Å²) in [7, 11) is -7.80. The lowest BCUT2D eigenvalue weighted by Gasteiger charge is -2.21. The molecule has 0 atom stereocenters. The number of rotatable bonds is 32. The largest absolute Gasteiger partial charge is 0.476 e. The lowest BCUT2D eigenvalue weighted by Crippen LogP contribution is -2.08. The Kier molecular flexibility index (Phi) is 27.5. The molecule has 0 aromatic carbocycles. The van der Waals surface area contributed by atoms with E-state index in [9.17, 15) is 9.13 Å². The number of phosphoric ester groups is 2. The van der Waals surface area contributed by atoms with Gasteiger partial charge in [-0.1, -0.05) is 132 Å². The van der Waals surface area contributed by atoms with E-state index in [1.807, 2.05) is 0 Å². The molecule has 0 aromatic rings. The molecule has 0 fully saturated rings. The van der Waals surface area contributed by atoms with E-state index in [0.29, 0.717) is 23.7 Å². The Bertz CT molecular complexity index is 609. The average Bonchev–Trinajstić information content (AvgIpc) is 2.91. The number of unbranched alkanes of at least 4 members (excludes halogenated alkanes) is 8. The van der Waals surface area contributed by atoms with E-state index in [0.717, 1.165) is 103 Å². The van der Waals surface area contributed by atoms with Crippen molar-refractivity contribution in [3.8, 4) is 0 Å². The molecule has 0 rings (SSSR count). The third-order valence-electron chi connectivity index (χ3n) is 7.12. The molecule has 0 aliphatic heterocycles. The molecule has 0 spiro atoms. The SMILES string of the molecule is CC(C)CCCCCOP(=O)(OCCCCCC(C)C)OCOP(=O)(OCCCCCC(C)C)OCCCCCC(C)C. The lowest BCUT2D eigenvalue weighted by molar-refractivity contribution is 0.0175. The zero-order valence-corrected chi connectivity index (χ0v) is 31.1. The molecule has 0 heterocycles. The van der Waals surface area contributed by atoms with Crippen molar-refractivity contribution in [2.24, 2.45) is 23.7 Å². The highest BCUT2D eigenvalue weighted by Gasteiger charge is 2.31. The first-order chi connectivity index (χ1) is 20.4. The second-order valence-electron chi connectivity index (χ2n) is 13.6. The minimum absolute atomic E-state index is 0.264. The van der Waals surface area contributed by atoms with Crippen molar-refractivity contribution in [2.75, 3.05) is 33.2 Å². The van der Waals surface area contributed by atoms with Crippen LogP contribution in [0.1, 0.15) is 158 Å². The van der Waals surface area contributed by atoms with Gasteiger partial charge in [0.05, 0.1) is 26.4 Å². The Morgan fingerprint density at radius 3 is 0.791 bits per heavy atom. The molecule has 0 saturated heterocycles. The van der Waals surface area contributed by atoms with Crippen LogP contribution in [0, 0.1) is 23.7 Å². The highest BCUT2D eigenvalue weighted by molar-refractivity contribution is 7.49. The first kappa shape index (κ1) is 43.2. The van der Waals surface area contributed by atoms with Gasteiger partial charge in [-0.05, 0) is 49.4 Å². The monoisotopic (exact) mass is 656 g/mol. The fourth-order valence-corrected chi connectivity index (χ4v) is 6.71. The van der Waals surface area contributed by atoms with E-state index in [2.05, 4.69) is 55.4 Å². The Labute approximate surface area is 266 Å². The van der Waals surface area contributed by atoms with E-state index in [1.165, 1.54) is 0 Å². The van der Waals surface area contributed by atoms with Gasteiger partial charge in [-0.25, -0.2) is 9.13 Å². The summed E-state index contributed by atoms with van der Waals surface area (Å²) in [5, 5.41) is 0. The van der Waals surface area contributed by atoms with Gasteiger partial charge in [0.25, 0.3) is 0 Å². The molecule has 0 amide bonds. The summed E-state index contributed by atoms with van der Waals surface area (Å²) >= 11 is 0. The van der Waals surface area contributed by atoms with Crippen LogP contribution in [0.5, 0.6) is 0 Å². The predicted octanol–water partition coefficient (Wildman–Crippen LogP) is 12.1. The second kappa shape index (κ2) is 27.3. The third kappa shape index (κ3) is 29.4. The van der Waals surface area contributed by atoms with Crippen LogP contribution in [0.15, 0.2) is 0 Å². The number of phosphoric acid groups is 2. The minimum Gasteiger partial charge on any atom is -0.287 e. The first-order valence-corrected chi connectivity index (χ1v) is 20.4. The van der Waals surface area contributed by atoms with Crippen LogP contribution in [0.3, 0.4) is 0 Å². The van der Waals surface area contributed by atoms with Gasteiger partial charge in [0, 0.05) is 0 Å². The average molecular weight is 657 g/mol. The zero-order chi connectivity index (χ0) is 32.4. The summed E-state index contributed by atoms with van der Waals surface area (Å²) < 4.78 is 60.5. The Morgan fingerprint density at radius 2 is 0.581 bits per heavy atom. The topological polar surface area (TPSA) is 89.5 Å². The first-order valence-electron chi connectivity index (χ1n) is 17.4. The van der Waals surface area contributed by atoms with Crippen molar-refractivity contribution in [1.29, 1.82) is 0 Å². The number of hydrogen-bond donors (Lipinski definition) is 0. The van der Waals surface area contributed by atoms with E-state index < -0.39 is 22.4 Å². The highest BCUT2D eigenvalue weighted by Crippen LogP contribution is 2.54. The van der Waals surface area contributed by atoms with Crippen molar-refractivity contribution in [3.05, 3.63) is 0 Å². The van der Waals surface area contributed by atoms with Gasteiger partial charge in [-0.3, -0.25) is 27.1 Å². The molecule has 0 radical (unpaired) electrons. The zero-order valence-electron chi connectivity index (χ0n) is 29.3. The van der Waals surface area contributed by atoms with Gasteiger partial charge < -0.3 is 0 Å². The fraction of sp³-hybridized carbons (Fsp3) is 1.00.